The van der Waals surface area contributed by atoms with Crippen LogP contribution in [0, 0.1) is 23.7 Å². The largest absolute Gasteiger partial charge is 0.481 e. The van der Waals surface area contributed by atoms with Gasteiger partial charge in [0, 0.05) is 24.3 Å². The molecule has 0 radical (unpaired) electrons. The van der Waals surface area contributed by atoms with Gasteiger partial charge in [0.15, 0.2) is 0 Å². The second-order valence-corrected chi connectivity index (χ2v) is 8.04. The lowest BCUT2D eigenvalue weighted by molar-refractivity contribution is -0.156. The number of carboxylic acids is 1. The molecule has 2 atom stereocenters. The third kappa shape index (κ3) is 3.63. The van der Waals surface area contributed by atoms with Crippen LogP contribution in [0.15, 0.2) is 24.3 Å². The van der Waals surface area contributed by atoms with Crippen LogP contribution in [-0.4, -0.2) is 54.1 Å². The molecule has 1 saturated heterocycles. The number of aliphatic carboxylic acids is 1. The zero-order chi connectivity index (χ0) is 19.7. The number of morpholine rings is 1. The van der Waals surface area contributed by atoms with Crippen LogP contribution in [0.25, 0.3) is 0 Å². The smallest absolute Gasteiger partial charge is 0.307 e. The van der Waals surface area contributed by atoms with E-state index < -0.39 is 17.8 Å². The number of rotatable bonds is 4. The van der Waals surface area contributed by atoms with Gasteiger partial charge < -0.3 is 20.1 Å². The van der Waals surface area contributed by atoms with E-state index in [1.807, 2.05) is 0 Å². The molecule has 1 aromatic carbocycles. The first kappa shape index (κ1) is 18.9. The van der Waals surface area contributed by atoms with Gasteiger partial charge in [0.25, 0.3) is 5.91 Å². The van der Waals surface area contributed by atoms with Gasteiger partial charge in [0.05, 0.1) is 25.0 Å². The van der Waals surface area contributed by atoms with Crippen LogP contribution in [0.1, 0.15) is 36.0 Å². The lowest BCUT2D eigenvalue weighted by Gasteiger charge is -2.45. The lowest BCUT2D eigenvalue weighted by Crippen LogP contribution is -2.49. The molecule has 1 aliphatic heterocycles. The zero-order valence-electron chi connectivity index (χ0n) is 15.8. The van der Waals surface area contributed by atoms with Crippen molar-refractivity contribution in [3.8, 4) is 0 Å². The summed E-state index contributed by atoms with van der Waals surface area (Å²) in [4.78, 5) is 38.9. The third-order valence-electron chi connectivity index (χ3n) is 6.50. The molecular weight excluding hydrogens is 360 g/mol. The summed E-state index contributed by atoms with van der Waals surface area (Å²) in [6.07, 6.45) is 3.67. The summed E-state index contributed by atoms with van der Waals surface area (Å²) in [5.41, 5.74) is 1.16. The topological polar surface area (TPSA) is 95.9 Å². The van der Waals surface area contributed by atoms with E-state index in [0.717, 1.165) is 25.7 Å². The summed E-state index contributed by atoms with van der Waals surface area (Å²) in [5.74, 6) is -1.93. The highest BCUT2D eigenvalue weighted by molar-refractivity contribution is 5.97. The van der Waals surface area contributed by atoms with Gasteiger partial charge in [-0.05, 0) is 61.8 Å². The Labute approximate surface area is 164 Å². The number of hydrogen-bond acceptors (Lipinski definition) is 4. The standard InChI is InChI=1S/C21H26N2O5/c24-19(17-13-1-3-14(4-2-13)18(17)21(26)27)22-16-7-5-15(6-8-16)20(25)23-9-11-28-12-10-23/h5-8,13-14,17-18H,1-4,9-12H2,(H,22,24)(H,26,27). The van der Waals surface area contributed by atoms with Gasteiger partial charge in [-0.25, -0.2) is 0 Å². The highest BCUT2D eigenvalue weighted by atomic mass is 16.5. The van der Waals surface area contributed by atoms with Gasteiger partial charge in [-0.3, -0.25) is 14.4 Å². The Morgan fingerprint density at radius 3 is 2.07 bits per heavy atom. The molecule has 4 fully saturated rings. The van der Waals surface area contributed by atoms with Crippen LogP contribution in [0.2, 0.25) is 0 Å². The predicted octanol–water partition coefficient (Wildman–Crippen LogP) is 2.23. The Bertz CT molecular complexity index is 749. The minimum Gasteiger partial charge on any atom is -0.481 e. The molecule has 2 N–H and O–H groups in total. The molecule has 5 rings (SSSR count). The van der Waals surface area contributed by atoms with Crippen LogP contribution in [0.3, 0.4) is 0 Å². The number of ether oxygens (including phenoxy) is 1. The Kier molecular flexibility index (Phi) is 5.35. The van der Waals surface area contributed by atoms with Gasteiger partial charge in [0.1, 0.15) is 0 Å². The van der Waals surface area contributed by atoms with E-state index in [4.69, 9.17) is 4.74 Å². The average molecular weight is 386 g/mol. The highest BCUT2D eigenvalue weighted by Gasteiger charge is 2.50. The molecule has 0 spiro atoms. The molecule has 7 heteroatoms. The average Bonchev–Trinajstić information content (AvgIpc) is 2.74. The lowest BCUT2D eigenvalue weighted by atomic mass is 9.58. The maximum absolute atomic E-state index is 12.9. The van der Waals surface area contributed by atoms with Crippen LogP contribution in [0.4, 0.5) is 5.69 Å². The summed E-state index contributed by atoms with van der Waals surface area (Å²) in [6.45, 7) is 2.26. The molecule has 0 aromatic heterocycles. The number of benzene rings is 1. The number of fused-ring (bicyclic) bond motifs is 3. The molecule has 3 saturated carbocycles. The van der Waals surface area contributed by atoms with Crippen molar-refractivity contribution in [1.82, 2.24) is 4.90 Å². The maximum atomic E-state index is 12.9. The molecule has 150 valence electrons. The monoisotopic (exact) mass is 386 g/mol. The first-order chi connectivity index (χ1) is 13.5. The van der Waals surface area contributed by atoms with Crippen molar-refractivity contribution in [2.24, 2.45) is 23.7 Å². The fourth-order valence-corrected chi connectivity index (χ4v) is 5.05. The molecule has 7 nitrogen and oxygen atoms in total. The van der Waals surface area contributed by atoms with Crippen LogP contribution in [0.5, 0.6) is 0 Å². The summed E-state index contributed by atoms with van der Waals surface area (Å²) in [7, 11) is 0. The summed E-state index contributed by atoms with van der Waals surface area (Å²) < 4.78 is 5.27. The number of hydrogen-bond donors (Lipinski definition) is 2. The molecule has 2 bridgehead atoms. The molecule has 1 heterocycles. The summed E-state index contributed by atoms with van der Waals surface area (Å²) in [5, 5.41) is 12.5. The van der Waals surface area contributed by atoms with Crippen LogP contribution >= 0.6 is 0 Å². The Balaban J connectivity index is 1.43. The van der Waals surface area contributed by atoms with Crippen LogP contribution in [-0.2, 0) is 14.3 Å². The van der Waals surface area contributed by atoms with E-state index >= 15 is 0 Å². The SMILES string of the molecule is O=C(O)C1C2CCC(CC2)C1C(=O)Nc1ccc(C(=O)N2CCOCC2)cc1. The second kappa shape index (κ2) is 7.91. The molecule has 28 heavy (non-hydrogen) atoms. The van der Waals surface area contributed by atoms with Gasteiger partial charge in [-0.15, -0.1) is 0 Å². The van der Waals surface area contributed by atoms with Crippen molar-refractivity contribution < 1.29 is 24.2 Å². The Hall–Kier alpha value is -2.41. The fourth-order valence-electron chi connectivity index (χ4n) is 5.05. The van der Waals surface area contributed by atoms with Crippen molar-refractivity contribution in [3.05, 3.63) is 29.8 Å². The minimum absolute atomic E-state index is 0.0447. The zero-order valence-corrected chi connectivity index (χ0v) is 15.8. The van der Waals surface area contributed by atoms with Crippen molar-refractivity contribution in [2.75, 3.05) is 31.6 Å². The maximum Gasteiger partial charge on any atom is 0.307 e. The number of carboxylic acid groups (broad SMARTS) is 1. The normalized spacial score (nSPS) is 29.4. The van der Waals surface area contributed by atoms with E-state index in [9.17, 15) is 19.5 Å². The summed E-state index contributed by atoms with van der Waals surface area (Å²) >= 11 is 0. The van der Waals surface area contributed by atoms with Gasteiger partial charge >= 0.3 is 5.97 Å². The second-order valence-electron chi connectivity index (χ2n) is 8.04. The van der Waals surface area contributed by atoms with E-state index in [1.165, 1.54) is 0 Å². The van der Waals surface area contributed by atoms with Crippen LogP contribution < -0.4 is 5.32 Å². The number of nitrogens with zero attached hydrogens (tertiary/aromatic N) is 1. The predicted molar refractivity (Wildman–Crippen MR) is 102 cm³/mol. The van der Waals surface area contributed by atoms with Crippen molar-refractivity contribution in [1.29, 1.82) is 0 Å². The molecule has 2 unspecified atom stereocenters. The van der Waals surface area contributed by atoms with Gasteiger partial charge in [0.2, 0.25) is 5.91 Å². The number of carbonyl (C=O) groups is 3. The fraction of sp³-hybridized carbons (Fsp3) is 0.571. The van der Waals surface area contributed by atoms with Gasteiger partial charge in [-0.1, -0.05) is 0 Å². The minimum atomic E-state index is -0.860. The molecule has 2 amide bonds. The first-order valence-corrected chi connectivity index (χ1v) is 10.1. The number of amides is 2. The highest BCUT2D eigenvalue weighted by Crippen LogP contribution is 2.49. The van der Waals surface area contributed by atoms with Crippen molar-refractivity contribution in [3.63, 3.8) is 0 Å². The number of anilines is 1. The quantitative estimate of drug-likeness (QED) is 0.827. The van der Waals surface area contributed by atoms with E-state index in [1.54, 1.807) is 29.2 Å². The number of nitrogens with one attached hydrogen (secondary N) is 1. The van der Waals surface area contributed by atoms with Crippen molar-refractivity contribution >= 4 is 23.5 Å². The first-order valence-electron chi connectivity index (χ1n) is 10.1. The molecule has 1 aromatic rings. The summed E-state index contributed by atoms with van der Waals surface area (Å²) in [6, 6.07) is 6.83. The van der Waals surface area contributed by atoms with Crippen molar-refractivity contribution in [2.45, 2.75) is 25.7 Å². The Morgan fingerprint density at radius 2 is 1.50 bits per heavy atom. The van der Waals surface area contributed by atoms with Gasteiger partial charge in [-0.2, -0.15) is 0 Å². The van der Waals surface area contributed by atoms with E-state index in [2.05, 4.69) is 5.32 Å². The number of carbonyl (C=O) groups excluding carboxylic acids is 2. The van der Waals surface area contributed by atoms with E-state index in [0.29, 0.717) is 37.6 Å². The molecule has 4 aliphatic rings. The van der Waals surface area contributed by atoms with E-state index in [-0.39, 0.29) is 23.7 Å². The Morgan fingerprint density at radius 1 is 0.929 bits per heavy atom. The molecular formula is C21H26N2O5. The molecule has 3 aliphatic carbocycles. The third-order valence-corrected chi connectivity index (χ3v) is 6.50.